The summed E-state index contributed by atoms with van der Waals surface area (Å²) in [6.07, 6.45) is 0.737. The Morgan fingerprint density at radius 1 is 0.919 bits per heavy atom. The molecule has 3 aromatic rings. The summed E-state index contributed by atoms with van der Waals surface area (Å²) in [6.45, 7) is 5.38. The van der Waals surface area contributed by atoms with E-state index in [4.69, 9.17) is 14.2 Å². The Kier molecular flexibility index (Phi) is 11.3. The van der Waals surface area contributed by atoms with Gasteiger partial charge in [0, 0.05) is 19.1 Å². The minimum atomic E-state index is -0.675. The van der Waals surface area contributed by atoms with Crippen molar-refractivity contribution in [2.24, 2.45) is 0 Å². The van der Waals surface area contributed by atoms with Crippen molar-refractivity contribution < 1.29 is 29.2 Å². The van der Waals surface area contributed by atoms with Gasteiger partial charge >= 0.3 is 5.97 Å². The van der Waals surface area contributed by atoms with E-state index in [9.17, 15) is 15.0 Å². The molecule has 0 saturated carbocycles. The number of para-hydroxylation sites is 2. The fourth-order valence-corrected chi connectivity index (χ4v) is 4.05. The first kappa shape index (κ1) is 28.0. The Balaban J connectivity index is 1.60. The Bertz CT molecular complexity index is 1070. The van der Waals surface area contributed by atoms with E-state index in [1.54, 1.807) is 13.0 Å². The van der Waals surface area contributed by atoms with Gasteiger partial charge in [0.2, 0.25) is 0 Å². The lowest BCUT2D eigenvalue weighted by Gasteiger charge is -2.31. The van der Waals surface area contributed by atoms with Crippen LogP contribution in [0, 0.1) is 0 Å². The summed E-state index contributed by atoms with van der Waals surface area (Å²) in [5.74, 6) is 1.21. The van der Waals surface area contributed by atoms with Crippen LogP contribution in [0.2, 0.25) is 0 Å². The van der Waals surface area contributed by atoms with Crippen molar-refractivity contribution in [2.45, 2.75) is 38.8 Å². The number of nitrogens with zero attached hydrogens (tertiary/aromatic N) is 1. The SMILES string of the molecule is CCOC(=O)COc1ccc(CC(C)N(CCc2ccccc2O)CC(O)COc2ccccc2)cc1. The van der Waals surface area contributed by atoms with Crippen molar-refractivity contribution in [3.63, 3.8) is 0 Å². The maximum absolute atomic E-state index is 11.5. The molecule has 2 unspecified atom stereocenters. The van der Waals surface area contributed by atoms with E-state index in [1.165, 1.54) is 0 Å². The number of rotatable bonds is 15. The number of aromatic hydroxyl groups is 1. The molecule has 37 heavy (non-hydrogen) atoms. The van der Waals surface area contributed by atoms with E-state index in [2.05, 4.69) is 11.8 Å². The van der Waals surface area contributed by atoms with E-state index < -0.39 is 12.1 Å². The third-order valence-electron chi connectivity index (χ3n) is 6.03. The molecule has 3 aromatic carbocycles. The van der Waals surface area contributed by atoms with Crippen LogP contribution in [0.1, 0.15) is 25.0 Å². The molecule has 0 aliphatic carbocycles. The number of phenolic OH excluding ortho intramolecular Hbond substituents is 1. The van der Waals surface area contributed by atoms with Crippen molar-refractivity contribution in [2.75, 3.05) is 32.9 Å². The summed E-state index contributed by atoms with van der Waals surface area (Å²) in [5.41, 5.74) is 1.98. The summed E-state index contributed by atoms with van der Waals surface area (Å²) in [5, 5.41) is 21.0. The number of benzene rings is 3. The van der Waals surface area contributed by atoms with Gasteiger partial charge in [0.15, 0.2) is 6.61 Å². The molecule has 2 N–H and O–H groups in total. The van der Waals surface area contributed by atoms with Crippen molar-refractivity contribution in [1.29, 1.82) is 0 Å². The number of hydrogen-bond donors (Lipinski definition) is 2. The molecule has 0 aliphatic heterocycles. The fourth-order valence-electron chi connectivity index (χ4n) is 4.05. The van der Waals surface area contributed by atoms with Crippen LogP contribution < -0.4 is 9.47 Å². The van der Waals surface area contributed by atoms with E-state index in [0.717, 1.165) is 23.3 Å². The van der Waals surface area contributed by atoms with Crippen molar-refractivity contribution in [3.8, 4) is 17.2 Å². The summed E-state index contributed by atoms with van der Waals surface area (Å²) in [6, 6.07) is 24.5. The number of carbonyl (C=O) groups is 1. The van der Waals surface area contributed by atoms with Gasteiger partial charge in [0.25, 0.3) is 0 Å². The minimum Gasteiger partial charge on any atom is -0.508 e. The van der Waals surface area contributed by atoms with Gasteiger partial charge in [-0.2, -0.15) is 0 Å². The van der Waals surface area contributed by atoms with Crippen LogP contribution in [-0.4, -0.2) is 66.1 Å². The Morgan fingerprint density at radius 3 is 2.30 bits per heavy atom. The molecule has 0 saturated heterocycles. The highest BCUT2D eigenvalue weighted by Gasteiger charge is 2.19. The molecule has 0 radical (unpaired) electrons. The third kappa shape index (κ3) is 9.79. The number of ether oxygens (including phenoxy) is 3. The standard InChI is InChI=1S/C30H37NO6/c1-3-35-30(34)22-37-28-15-13-24(14-16-28)19-23(2)31(18-17-25-9-7-8-12-29(25)33)20-26(32)21-36-27-10-5-4-6-11-27/h4-16,23,26,32-33H,3,17-22H2,1-2H3. The quantitative estimate of drug-likeness (QED) is 0.297. The van der Waals surface area contributed by atoms with Crippen LogP contribution in [-0.2, 0) is 22.4 Å². The molecule has 0 fully saturated rings. The van der Waals surface area contributed by atoms with Crippen LogP contribution in [0.5, 0.6) is 17.2 Å². The molecule has 7 heteroatoms. The average molecular weight is 508 g/mol. The second-order valence-electron chi connectivity index (χ2n) is 8.94. The number of hydrogen-bond acceptors (Lipinski definition) is 7. The van der Waals surface area contributed by atoms with Crippen LogP contribution in [0.15, 0.2) is 78.9 Å². The van der Waals surface area contributed by atoms with Crippen LogP contribution in [0.3, 0.4) is 0 Å². The van der Waals surface area contributed by atoms with Crippen molar-refractivity contribution in [1.82, 2.24) is 4.90 Å². The lowest BCUT2D eigenvalue weighted by molar-refractivity contribution is -0.145. The van der Waals surface area contributed by atoms with Crippen molar-refractivity contribution in [3.05, 3.63) is 90.0 Å². The Morgan fingerprint density at radius 2 is 1.59 bits per heavy atom. The molecule has 0 aliphatic rings. The largest absolute Gasteiger partial charge is 0.508 e. The van der Waals surface area contributed by atoms with E-state index in [-0.39, 0.29) is 25.0 Å². The smallest absolute Gasteiger partial charge is 0.344 e. The molecule has 7 nitrogen and oxygen atoms in total. The number of esters is 1. The van der Waals surface area contributed by atoms with Gasteiger partial charge in [0.1, 0.15) is 30.0 Å². The lowest BCUT2D eigenvalue weighted by atomic mass is 10.0. The summed E-state index contributed by atoms with van der Waals surface area (Å²) >= 11 is 0. The molecule has 198 valence electrons. The monoisotopic (exact) mass is 507 g/mol. The van der Waals surface area contributed by atoms with Gasteiger partial charge in [-0.3, -0.25) is 4.90 Å². The molecule has 0 spiro atoms. The van der Waals surface area contributed by atoms with Crippen molar-refractivity contribution >= 4 is 5.97 Å². The maximum atomic E-state index is 11.5. The number of phenols is 1. The molecule has 0 bridgehead atoms. The average Bonchev–Trinajstić information content (AvgIpc) is 2.91. The summed E-state index contributed by atoms with van der Waals surface area (Å²) in [7, 11) is 0. The van der Waals surface area contributed by atoms with Gasteiger partial charge in [-0.25, -0.2) is 4.79 Å². The highest BCUT2D eigenvalue weighted by Crippen LogP contribution is 2.19. The van der Waals surface area contributed by atoms with Gasteiger partial charge in [-0.1, -0.05) is 48.5 Å². The molecule has 0 heterocycles. The Labute approximate surface area is 219 Å². The topological polar surface area (TPSA) is 88.5 Å². The predicted octanol–water partition coefficient (Wildman–Crippen LogP) is 4.25. The van der Waals surface area contributed by atoms with Gasteiger partial charge in [0.05, 0.1) is 6.61 Å². The van der Waals surface area contributed by atoms with Gasteiger partial charge in [-0.05, 0) is 68.1 Å². The highest BCUT2D eigenvalue weighted by molar-refractivity contribution is 5.71. The van der Waals surface area contributed by atoms with E-state index in [0.29, 0.717) is 31.9 Å². The highest BCUT2D eigenvalue weighted by atomic mass is 16.6. The molecule has 0 aromatic heterocycles. The molecular formula is C30H37NO6. The molecular weight excluding hydrogens is 470 g/mol. The summed E-state index contributed by atoms with van der Waals surface area (Å²) in [4.78, 5) is 13.7. The van der Waals surface area contributed by atoms with Crippen LogP contribution in [0.25, 0.3) is 0 Å². The van der Waals surface area contributed by atoms with Gasteiger partial charge < -0.3 is 24.4 Å². The molecule has 3 rings (SSSR count). The molecule has 0 amide bonds. The zero-order valence-electron chi connectivity index (χ0n) is 21.6. The first-order chi connectivity index (χ1) is 17.9. The first-order valence-corrected chi connectivity index (χ1v) is 12.7. The Hall–Kier alpha value is -3.55. The van der Waals surface area contributed by atoms with E-state index >= 15 is 0 Å². The summed E-state index contributed by atoms with van der Waals surface area (Å²) < 4.78 is 16.1. The second-order valence-corrected chi connectivity index (χ2v) is 8.94. The van der Waals surface area contributed by atoms with Crippen LogP contribution in [0.4, 0.5) is 0 Å². The third-order valence-corrected chi connectivity index (χ3v) is 6.03. The number of aliphatic hydroxyl groups is 1. The minimum absolute atomic E-state index is 0.114. The zero-order chi connectivity index (χ0) is 26.5. The number of carbonyl (C=O) groups excluding carboxylic acids is 1. The second kappa shape index (κ2) is 14.9. The van der Waals surface area contributed by atoms with E-state index in [1.807, 2.05) is 72.8 Å². The van der Waals surface area contributed by atoms with Crippen LogP contribution >= 0.6 is 0 Å². The first-order valence-electron chi connectivity index (χ1n) is 12.7. The van der Waals surface area contributed by atoms with Gasteiger partial charge in [-0.15, -0.1) is 0 Å². The molecule has 2 atom stereocenters. The zero-order valence-corrected chi connectivity index (χ0v) is 21.6. The lowest BCUT2D eigenvalue weighted by Crippen LogP contribution is -2.43. The predicted molar refractivity (Wildman–Crippen MR) is 143 cm³/mol. The number of aliphatic hydroxyl groups excluding tert-OH is 1. The normalized spacial score (nSPS) is 12.6. The fraction of sp³-hybridized carbons (Fsp3) is 0.367. The maximum Gasteiger partial charge on any atom is 0.344 e.